The van der Waals surface area contributed by atoms with Gasteiger partial charge in [0.2, 0.25) is 11.8 Å². The molecule has 0 aliphatic heterocycles. The zero-order valence-electron chi connectivity index (χ0n) is 8.62. The van der Waals surface area contributed by atoms with Crippen molar-refractivity contribution in [1.82, 2.24) is 20.8 Å². The number of aryl methyl sites for hydroxylation is 1. The van der Waals surface area contributed by atoms with E-state index in [0.29, 0.717) is 30.8 Å². The molecule has 1 saturated carbocycles. The highest BCUT2D eigenvalue weighted by molar-refractivity contribution is 5.77. The number of carbonyl (C=O) groups excluding carboxylic acids is 1. The Morgan fingerprint density at radius 2 is 2.40 bits per heavy atom. The van der Waals surface area contributed by atoms with Gasteiger partial charge in [0.1, 0.15) is 0 Å². The Hall–Kier alpha value is -1.43. The van der Waals surface area contributed by atoms with Crippen molar-refractivity contribution >= 4 is 5.91 Å². The number of aromatic nitrogens is 2. The molecule has 82 valence electrons. The minimum Gasteiger partial charge on any atom is -0.346 e. The lowest BCUT2D eigenvalue weighted by Gasteiger charge is -2.02. The summed E-state index contributed by atoms with van der Waals surface area (Å²) in [7, 11) is 0. The highest BCUT2D eigenvalue weighted by Crippen LogP contribution is 2.17. The fourth-order valence-electron chi connectivity index (χ4n) is 1.17. The van der Waals surface area contributed by atoms with E-state index in [1.807, 2.05) is 0 Å². The topological polar surface area (TPSA) is 80.0 Å². The molecule has 6 nitrogen and oxygen atoms in total. The van der Waals surface area contributed by atoms with Crippen LogP contribution >= 0.6 is 0 Å². The minimum atomic E-state index is -0.0437. The lowest BCUT2D eigenvalue weighted by Crippen LogP contribution is -2.34. The first-order valence-electron chi connectivity index (χ1n) is 5.03. The van der Waals surface area contributed by atoms with E-state index in [1.54, 1.807) is 6.92 Å². The van der Waals surface area contributed by atoms with E-state index in [-0.39, 0.29) is 5.91 Å². The summed E-state index contributed by atoms with van der Waals surface area (Å²) in [6, 6.07) is 0.543. The Morgan fingerprint density at radius 3 is 3.00 bits per heavy atom. The zero-order chi connectivity index (χ0) is 10.7. The molecule has 0 spiro atoms. The van der Waals surface area contributed by atoms with Crippen LogP contribution in [-0.4, -0.2) is 28.6 Å². The average molecular weight is 210 g/mol. The molecule has 1 aromatic rings. The molecule has 0 bridgehead atoms. The summed E-state index contributed by atoms with van der Waals surface area (Å²) in [5.74, 6) is 0.973. The maximum atomic E-state index is 11.3. The second-order valence-electron chi connectivity index (χ2n) is 3.67. The van der Waals surface area contributed by atoms with Crippen LogP contribution in [0.5, 0.6) is 0 Å². The van der Waals surface area contributed by atoms with Gasteiger partial charge >= 0.3 is 0 Å². The summed E-state index contributed by atoms with van der Waals surface area (Å²) in [5, 5.41) is 9.44. The lowest BCUT2D eigenvalue weighted by atomic mass is 10.5. The molecular formula is C9H14N4O2. The summed E-state index contributed by atoms with van der Waals surface area (Å²) in [4.78, 5) is 15.3. The smallest absolute Gasteiger partial charge is 0.246 e. The summed E-state index contributed by atoms with van der Waals surface area (Å²) >= 11 is 0. The molecule has 1 heterocycles. The third-order valence-electron chi connectivity index (χ3n) is 2.14. The van der Waals surface area contributed by atoms with Crippen molar-refractivity contribution in [3.63, 3.8) is 0 Å². The van der Waals surface area contributed by atoms with Crippen LogP contribution in [0.1, 0.15) is 24.6 Å². The number of hydrogen-bond donors (Lipinski definition) is 2. The number of amides is 1. The van der Waals surface area contributed by atoms with Crippen molar-refractivity contribution in [1.29, 1.82) is 0 Å². The number of carbonyl (C=O) groups is 1. The maximum absolute atomic E-state index is 11.3. The van der Waals surface area contributed by atoms with Gasteiger partial charge in [0, 0.05) is 6.04 Å². The zero-order valence-corrected chi connectivity index (χ0v) is 8.62. The first kappa shape index (κ1) is 10.1. The Balaban J connectivity index is 1.65. The van der Waals surface area contributed by atoms with E-state index in [9.17, 15) is 4.79 Å². The molecule has 15 heavy (non-hydrogen) atoms. The average Bonchev–Trinajstić information content (AvgIpc) is 2.95. The molecule has 2 rings (SSSR count). The van der Waals surface area contributed by atoms with E-state index in [1.165, 1.54) is 12.8 Å². The Bertz CT molecular complexity index is 346. The van der Waals surface area contributed by atoms with Gasteiger partial charge in [-0.05, 0) is 19.8 Å². The minimum absolute atomic E-state index is 0.0437. The fraction of sp³-hybridized carbons (Fsp3) is 0.667. The highest BCUT2D eigenvalue weighted by Gasteiger charge is 2.21. The molecule has 1 aliphatic carbocycles. The second-order valence-corrected chi connectivity index (χ2v) is 3.67. The van der Waals surface area contributed by atoms with Crippen LogP contribution in [0.3, 0.4) is 0 Å². The van der Waals surface area contributed by atoms with Gasteiger partial charge in [0.05, 0.1) is 13.1 Å². The van der Waals surface area contributed by atoms with Crippen molar-refractivity contribution in [2.75, 3.05) is 6.54 Å². The summed E-state index contributed by atoms with van der Waals surface area (Å²) in [6.45, 7) is 2.40. The molecule has 0 unspecified atom stereocenters. The second kappa shape index (κ2) is 4.39. The molecule has 1 aromatic heterocycles. The van der Waals surface area contributed by atoms with E-state index in [2.05, 4.69) is 20.8 Å². The predicted molar refractivity (Wildman–Crippen MR) is 51.9 cm³/mol. The Morgan fingerprint density at radius 1 is 1.60 bits per heavy atom. The van der Waals surface area contributed by atoms with Gasteiger partial charge in [-0.15, -0.1) is 0 Å². The van der Waals surface area contributed by atoms with Gasteiger partial charge in [-0.25, -0.2) is 0 Å². The third-order valence-corrected chi connectivity index (χ3v) is 2.14. The number of rotatable bonds is 5. The van der Waals surface area contributed by atoms with Crippen molar-refractivity contribution in [3.8, 4) is 0 Å². The van der Waals surface area contributed by atoms with E-state index in [4.69, 9.17) is 4.52 Å². The molecule has 1 aliphatic rings. The number of nitrogens with one attached hydrogen (secondary N) is 2. The van der Waals surface area contributed by atoms with Crippen LogP contribution in [0, 0.1) is 6.92 Å². The van der Waals surface area contributed by atoms with Gasteiger partial charge in [-0.3, -0.25) is 4.79 Å². The largest absolute Gasteiger partial charge is 0.346 e. The van der Waals surface area contributed by atoms with Crippen LogP contribution in [0.15, 0.2) is 4.52 Å². The molecule has 0 aromatic carbocycles. The van der Waals surface area contributed by atoms with Crippen molar-refractivity contribution in [3.05, 3.63) is 11.7 Å². The Labute approximate surface area is 87.4 Å². The van der Waals surface area contributed by atoms with Gasteiger partial charge in [-0.2, -0.15) is 4.98 Å². The van der Waals surface area contributed by atoms with E-state index >= 15 is 0 Å². The van der Waals surface area contributed by atoms with Crippen LogP contribution < -0.4 is 10.6 Å². The van der Waals surface area contributed by atoms with Gasteiger partial charge in [0.15, 0.2) is 5.82 Å². The van der Waals surface area contributed by atoms with Crippen LogP contribution in [0.4, 0.5) is 0 Å². The first-order chi connectivity index (χ1) is 7.24. The first-order valence-corrected chi connectivity index (χ1v) is 5.03. The van der Waals surface area contributed by atoms with Gasteiger partial charge < -0.3 is 15.2 Å². The third kappa shape index (κ3) is 3.32. The van der Waals surface area contributed by atoms with Gasteiger partial charge in [-0.1, -0.05) is 5.16 Å². The van der Waals surface area contributed by atoms with Crippen molar-refractivity contribution in [2.45, 2.75) is 32.4 Å². The molecule has 1 fully saturated rings. The molecule has 0 saturated heterocycles. The number of hydrogen-bond acceptors (Lipinski definition) is 5. The molecular weight excluding hydrogens is 196 g/mol. The molecule has 6 heteroatoms. The number of nitrogens with zero attached hydrogens (tertiary/aromatic N) is 2. The lowest BCUT2D eigenvalue weighted by molar-refractivity contribution is -0.120. The standard InChI is InChI=1S/C9H14N4O2/c1-6-12-9(15-13-6)5-11-8(14)4-10-7-2-3-7/h7,10H,2-5H2,1H3,(H,11,14). The van der Waals surface area contributed by atoms with Crippen molar-refractivity contribution < 1.29 is 9.32 Å². The summed E-state index contributed by atoms with van der Waals surface area (Å²) < 4.78 is 4.86. The van der Waals surface area contributed by atoms with Crippen molar-refractivity contribution in [2.24, 2.45) is 0 Å². The van der Waals surface area contributed by atoms with Crippen LogP contribution in [0.2, 0.25) is 0 Å². The predicted octanol–water partition coefficient (Wildman–Crippen LogP) is -0.254. The Kier molecular flexibility index (Phi) is 2.96. The van der Waals surface area contributed by atoms with Crippen LogP contribution in [0.25, 0.3) is 0 Å². The van der Waals surface area contributed by atoms with Gasteiger partial charge in [0.25, 0.3) is 0 Å². The maximum Gasteiger partial charge on any atom is 0.246 e. The molecule has 0 radical (unpaired) electrons. The SMILES string of the molecule is Cc1noc(CNC(=O)CNC2CC2)n1. The highest BCUT2D eigenvalue weighted by atomic mass is 16.5. The summed E-state index contributed by atoms with van der Waals surface area (Å²) in [6.07, 6.45) is 2.35. The molecule has 0 atom stereocenters. The quantitative estimate of drug-likeness (QED) is 0.700. The van der Waals surface area contributed by atoms with E-state index < -0.39 is 0 Å². The molecule has 1 amide bonds. The monoisotopic (exact) mass is 210 g/mol. The van der Waals surface area contributed by atoms with E-state index in [0.717, 1.165) is 0 Å². The normalized spacial score (nSPS) is 15.3. The molecule has 2 N–H and O–H groups in total. The summed E-state index contributed by atoms with van der Waals surface area (Å²) in [5.41, 5.74) is 0. The fourth-order valence-corrected chi connectivity index (χ4v) is 1.17. The van der Waals surface area contributed by atoms with Crippen LogP contribution in [-0.2, 0) is 11.3 Å².